The Balaban J connectivity index is 1.52. The van der Waals surface area contributed by atoms with E-state index in [4.69, 9.17) is 0 Å². The molecule has 0 N–H and O–H groups in total. The normalized spacial score (nSPS) is 22.2. The van der Waals surface area contributed by atoms with Crippen LogP contribution >= 0.6 is 0 Å². The van der Waals surface area contributed by atoms with Gasteiger partial charge in [0.05, 0.1) is 12.1 Å². The number of aromatic nitrogens is 6. The predicted octanol–water partition coefficient (Wildman–Crippen LogP) is 3.72. The molecule has 1 atom stereocenters. The van der Waals surface area contributed by atoms with Crippen molar-refractivity contribution in [3.05, 3.63) is 36.7 Å². The molecule has 1 aliphatic heterocycles. The summed E-state index contributed by atoms with van der Waals surface area (Å²) in [6.45, 7) is 4.69. The van der Waals surface area contributed by atoms with Crippen molar-refractivity contribution in [3.63, 3.8) is 0 Å². The second-order valence-corrected chi connectivity index (χ2v) is 8.52. The van der Waals surface area contributed by atoms with E-state index in [1.54, 1.807) is 6.92 Å². The summed E-state index contributed by atoms with van der Waals surface area (Å²) < 4.78 is 18.6. The first kappa shape index (κ1) is 16.9. The molecule has 0 spiro atoms. The summed E-state index contributed by atoms with van der Waals surface area (Å²) in [5, 5.41) is 4.37. The number of rotatable bonds is 3. The van der Waals surface area contributed by atoms with Crippen LogP contribution in [-0.2, 0) is 0 Å². The summed E-state index contributed by atoms with van der Waals surface area (Å²) in [5.41, 5.74) is 3.55. The Bertz CT molecular complexity index is 1250. The van der Waals surface area contributed by atoms with Gasteiger partial charge in [0.2, 0.25) is 0 Å². The number of hydrogen-bond acceptors (Lipinski definition) is 5. The van der Waals surface area contributed by atoms with E-state index in [0.717, 1.165) is 39.4 Å². The fraction of sp³-hybridized carbons (Fsp3) is 0.429. The summed E-state index contributed by atoms with van der Waals surface area (Å²) in [6.07, 6.45) is 8.22. The minimum atomic E-state index is -1.19. The summed E-state index contributed by atoms with van der Waals surface area (Å²) in [6, 6.07) is 4.73. The van der Waals surface area contributed by atoms with Crippen LogP contribution in [0.3, 0.4) is 0 Å². The number of aryl methyl sites for hydroxylation is 1. The highest BCUT2D eigenvalue weighted by Crippen LogP contribution is 2.40. The Labute approximate surface area is 167 Å². The van der Waals surface area contributed by atoms with Crippen LogP contribution in [0, 0.1) is 6.92 Å². The molecular weight excluding hydrogens is 369 g/mol. The third-order valence-corrected chi connectivity index (χ3v) is 6.10. The summed E-state index contributed by atoms with van der Waals surface area (Å²) >= 11 is 0. The van der Waals surface area contributed by atoms with Crippen molar-refractivity contribution in [2.75, 3.05) is 18.0 Å². The molecule has 1 aliphatic carbocycles. The second-order valence-electron chi connectivity index (χ2n) is 8.52. The second kappa shape index (κ2) is 5.75. The topological polar surface area (TPSA) is 64.1 Å². The van der Waals surface area contributed by atoms with Crippen molar-refractivity contribution >= 4 is 22.5 Å². The quantitative estimate of drug-likeness (QED) is 0.533. The van der Waals surface area contributed by atoms with Crippen molar-refractivity contribution in [1.29, 1.82) is 0 Å². The van der Waals surface area contributed by atoms with Crippen LogP contribution in [0.5, 0.6) is 0 Å². The third-order valence-electron chi connectivity index (χ3n) is 6.10. The van der Waals surface area contributed by atoms with E-state index in [2.05, 4.69) is 30.7 Å². The minimum Gasteiger partial charge on any atom is -0.351 e. The van der Waals surface area contributed by atoms with Gasteiger partial charge in [-0.15, -0.1) is 0 Å². The molecule has 7 nitrogen and oxygen atoms in total. The maximum absolute atomic E-state index is 14.5. The van der Waals surface area contributed by atoms with Crippen molar-refractivity contribution < 1.29 is 4.39 Å². The minimum absolute atomic E-state index is 0.342. The van der Waals surface area contributed by atoms with E-state index in [9.17, 15) is 4.39 Å². The lowest BCUT2D eigenvalue weighted by Gasteiger charge is -2.19. The molecule has 0 radical (unpaired) electrons. The molecular formula is C21H22FN7. The number of alkyl halides is 1. The van der Waals surface area contributed by atoms with Gasteiger partial charge in [-0.1, -0.05) is 0 Å². The number of nitrogens with zero attached hydrogens (tertiary/aromatic N) is 7. The Morgan fingerprint density at radius 2 is 2.10 bits per heavy atom. The van der Waals surface area contributed by atoms with E-state index in [1.807, 2.05) is 34.8 Å². The fourth-order valence-electron chi connectivity index (χ4n) is 4.54. The average molecular weight is 391 g/mol. The smallest absolute Gasteiger partial charge is 0.177 e. The molecule has 29 heavy (non-hydrogen) atoms. The highest BCUT2D eigenvalue weighted by atomic mass is 19.1. The van der Waals surface area contributed by atoms with Gasteiger partial charge in [0, 0.05) is 42.5 Å². The Kier molecular flexibility index (Phi) is 3.34. The number of hydrogen-bond donors (Lipinski definition) is 0. The van der Waals surface area contributed by atoms with Gasteiger partial charge in [0.1, 0.15) is 23.3 Å². The highest BCUT2D eigenvalue weighted by molar-refractivity contribution is 5.91. The molecule has 6 rings (SSSR count). The lowest BCUT2D eigenvalue weighted by molar-refractivity contribution is 0.221. The van der Waals surface area contributed by atoms with E-state index in [0.29, 0.717) is 25.6 Å². The van der Waals surface area contributed by atoms with Crippen LogP contribution in [0.1, 0.15) is 38.1 Å². The molecule has 5 heterocycles. The predicted molar refractivity (Wildman–Crippen MR) is 109 cm³/mol. The summed E-state index contributed by atoms with van der Waals surface area (Å²) in [5.74, 6) is 1.78. The van der Waals surface area contributed by atoms with E-state index < -0.39 is 5.67 Å². The van der Waals surface area contributed by atoms with Crippen LogP contribution in [-0.4, -0.2) is 47.9 Å². The van der Waals surface area contributed by atoms with Gasteiger partial charge in [0.15, 0.2) is 11.5 Å². The van der Waals surface area contributed by atoms with E-state index in [1.165, 1.54) is 19.2 Å². The van der Waals surface area contributed by atoms with Gasteiger partial charge < -0.3 is 9.47 Å². The van der Waals surface area contributed by atoms with Crippen molar-refractivity contribution in [2.45, 2.75) is 44.8 Å². The molecule has 0 bridgehead atoms. The molecule has 4 aromatic rings. The molecule has 8 heteroatoms. The van der Waals surface area contributed by atoms with Crippen molar-refractivity contribution in [2.24, 2.45) is 0 Å². The van der Waals surface area contributed by atoms with E-state index in [-0.39, 0.29) is 0 Å². The summed E-state index contributed by atoms with van der Waals surface area (Å²) in [4.78, 5) is 15.8. The van der Waals surface area contributed by atoms with Crippen LogP contribution < -0.4 is 4.90 Å². The maximum atomic E-state index is 14.5. The Hall–Kier alpha value is -3.03. The standard InChI is InChI=1S/C21H22FN7/c1-13-26-19-17(29(13)15-3-4-15)9-14(10-23-19)16-5-7-28-18(16)20(24-12-25-28)27-8-6-21(2,22)11-27/h5,7,9-10,12,15H,3-4,6,8,11H2,1-2H3. The highest BCUT2D eigenvalue weighted by Gasteiger charge is 2.35. The van der Waals surface area contributed by atoms with E-state index >= 15 is 0 Å². The van der Waals surface area contributed by atoms with Gasteiger partial charge in [0.25, 0.3) is 0 Å². The lowest BCUT2D eigenvalue weighted by Crippen LogP contribution is -2.27. The lowest BCUT2D eigenvalue weighted by atomic mass is 10.1. The zero-order chi connectivity index (χ0) is 19.8. The van der Waals surface area contributed by atoms with Crippen molar-refractivity contribution in [1.82, 2.24) is 29.1 Å². The van der Waals surface area contributed by atoms with Crippen LogP contribution in [0.15, 0.2) is 30.9 Å². The van der Waals surface area contributed by atoms with Crippen LogP contribution in [0.25, 0.3) is 27.8 Å². The maximum Gasteiger partial charge on any atom is 0.177 e. The molecule has 1 unspecified atom stereocenters. The Morgan fingerprint density at radius 3 is 2.86 bits per heavy atom. The molecule has 4 aromatic heterocycles. The monoisotopic (exact) mass is 391 g/mol. The molecule has 1 saturated heterocycles. The first-order chi connectivity index (χ1) is 14.0. The third kappa shape index (κ3) is 2.62. The molecule has 2 fully saturated rings. The fourth-order valence-corrected chi connectivity index (χ4v) is 4.54. The summed E-state index contributed by atoms with van der Waals surface area (Å²) in [7, 11) is 0. The van der Waals surface area contributed by atoms with Gasteiger partial charge >= 0.3 is 0 Å². The Morgan fingerprint density at radius 1 is 1.24 bits per heavy atom. The van der Waals surface area contributed by atoms with Gasteiger partial charge in [-0.2, -0.15) is 5.10 Å². The number of anilines is 1. The molecule has 0 amide bonds. The molecule has 0 aromatic carbocycles. The molecule has 148 valence electrons. The largest absolute Gasteiger partial charge is 0.351 e. The van der Waals surface area contributed by atoms with Crippen LogP contribution in [0.2, 0.25) is 0 Å². The zero-order valence-corrected chi connectivity index (χ0v) is 16.5. The molecule has 1 saturated carbocycles. The number of fused-ring (bicyclic) bond motifs is 2. The first-order valence-corrected chi connectivity index (χ1v) is 10.1. The van der Waals surface area contributed by atoms with Gasteiger partial charge in [-0.25, -0.2) is 23.9 Å². The molecule has 2 aliphatic rings. The SMILES string of the molecule is Cc1nc2ncc(-c3ccn4ncnc(N5CCC(C)(F)C5)c34)cc2n1C1CC1. The number of pyridine rings is 1. The number of imidazole rings is 1. The van der Waals surface area contributed by atoms with Gasteiger partial charge in [-0.05, 0) is 38.8 Å². The van der Waals surface area contributed by atoms with Crippen LogP contribution in [0.4, 0.5) is 10.2 Å². The van der Waals surface area contributed by atoms with Gasteiger partial charge in [-0.3, -0.25) is 0 Å². The first-order valence-electron chi connectivity index (χ1n) is 10.1. The number of halogens is 1. The average Bonchev–Trinajstić information content (AvgIpc) is 3.18. The zero-order valence-electron chi connectivity index (χ0n) is 16.5. The van der Waals surface area contributed by atoms with Crippen molar-refractivity contribution in [3.8, 4) is 11.1 Å².